The topological polar surface area (TPSA) is 132 Å². The maximum Gasteiger partial charge on any atom is 0.285 e. The molecule has 11 nitrogen and oxygen atoms in total. The van der Waals surface area contributed by atoms with Gasteiger partial charge in [-0.1, -0.05) is 23.7 Å². The molecule has 1 aromatic heterocycles. The summed E-state index contributed by atoms with van der Waals surface area (Å²) in [5.41, 5.74) is 2.51. The second-order valence-corrected chi connectivity index (χ2v) is 11.3. The minimum Gasteiger partial charge on any atom is -0.503 e. The van der Waals surface area contributed by atoms with Crippen LogP contribution in [0.25, 0.3) is 10.9 Å². The maximum absolute atomic E-state index is 13.5. The fourth-order valence-electron chi connectivity index (χ4n) is 4.80. The van der Waals surface area contributed by atoms with E-state index in [4.69, 9.17) is 16.3 Å². The Bertz CT molecular complexity index is 1730. The molecule has 1 aliphatic heterocycles. The summed E-state index contributed by atoms with van der Waals surface area (Å²) in [7, 11) is 2.06. The Labute approximate surface area is 271 Å². The normalized spacial score (nSPS) is 14.2. The van der Waals surface area contributed by atoms with E-state index >= 15 is 0 Å². The van der Waals surface area contributed by atoms with E-state index in [-0.39, 0.29) is 37.1 Å². The maximum atomic E-state index is 13.5. The molecule has 0 atom stereocenters. The quantitative estimate of drug-likeness (QED) is 0.126. The number of benzene rings is 3. The van der Waals surface area contributed by atoms with E-state index < -0.39 is 5.91 Å². The molecule has 3 aromatic carbocycles. The molecule has 2 heterocycles. The monoisotopic (exact) mass is 647 g/mol. The number of likely N-dealkylation sites (N-methyl/N-ethyl adjacent to an activating group) is 1. The number of aliphatic hydroxyl groups is 1. The molecule has 13 heteroatoms. The van der Waals surface area contributed by atoms with E-state index in [2.05, 4.69) is 42.8 Å². The number of piperazine rings is 1. The standard InChI is InChI=1S/C33H35ClFN7O4/c1-41-13-15-42(16-14-41)12-10-29(43)33(45)36-11-9-31(44)39-24-5-7-28-26(18-24)32(38-21-37-28)40-25-6-8-30(27(34)19-25)46-20-22-3-2-4-23(35)17-22/h2-8,10,17-19,21,43H,9,11-16,20H2,1H3,(H,36,45)(H,39,44)(H,37,38,40). The van der Waals surface area contributed by atoms with Crippen LogP contribution in [0.5, 0.6) is 5.75 Å². The molecule has 240 valence electrons. The summed E-state index contributed by atoms with van der Waals surface area (Å²) in [6.45, 7) is 4.34. The van der Waals surface area contributed by atoms with Crippen molar-refractivity contribution in [3.05, 3.63) is 95.2 Å². The minimum atomic E-state index is -0.619. The van der Waals surface area contributed by atoms with Crippen molar-refractivity contribution < 1.29 is 23.8 Å². The van der Waals surface area contributed by atoms with Gasteiger partial charge in [0.1, 0.15) is 30.3 Å². The molecule has 0 spiro atoms. The van der Waals surface area contributed by atoms with Crippen LogP contribution in [0.2, 0.25) is 5.02 Å². The lowest BCUT2D eigenvalue weighted by atomic mass is 10.2. The number of rotatable bonds is 12. The summed E-state index contributed by atoms with van der Waals surface area (Å²) in [5.74, 6) is -0.684. The highest BCUT2D eigenvalue weighted by molar-refractivity contribution is 6.32. The second-order valence-electron chi connectivity index (χ2n) is 10.9. The van der Waals surface area contributed by atoms with E-state index in [1.807, 2.05) is 0 Å². The molecule has 4 aromatic rings. The summed E-state index contributed by atoms with van der Waals surface area (Å²) >= 11 is 6.46. The first-order valence-electron chi connectivity index (χ1n) is 14.8. The highest BCUT2D eigenvalue weighted by Gasteiger charge is 2.15. The van der Waals surface area contributed by atoms with Crippen LogP contribution >= 0.6 is 11.6 Å². The van der Waals surface area contributed by atoms with Crippen LogP contribution in [0, 0.1) is 5.82 Å². The highest BCUT2D eigenvalue weighted by Crippen LogP contribution is 2.31. The zero-order valence-corrected chi connectivity index (χ0v) is 26.1. The van der Waals surface area contributed by atoms with E-state index in [9.17, 15) is 19.1 Å². The number of nitrogens with zero attached hydrogens (tertiary/aromatic N) is 4. The van der Waals surface area contributed by atoms with Gasteiger partial charge < -0.3 is 30.7 Å². The SMILES string of the molecule is CN1CCN(CC=C(O)C(=O)NCCC(=O)Nc2ccc3ncnc(Nc4ccc(OCc5cccc(F)c5)c(Cl)c4)c3c2)CC1. The highest BCUT2D eigenvalue weighted by atomic mass is 35.5. The first-order chi connectivity index (χ1) is 22.2. The average Bonchev–Trinajstić information content (AvgIpc) is 3.04. The van der Waals surface area contributed by atoms with Gasteiger partial charge in [0.15, 0.2) is 5.76 Å². The van der Waals surface area contributed by atoms with Crippen molar-refractivity contribution in [2.75, 3.05) is 56.9 Å². The van der Waals surface area contributed by atoms with Crippen molar-refractivity contribution in [2.24, 2.45) is 0 Å². The second kappa shape index (κ2) is 15.5. The van der Waals surface area contributed by atoms with Crippen molar-refractivity contribution in [1.29, 1.82) is 0 Å². The Morgan fingerprint density at radius 1 is 1.04 bits per heavy atom. The third-order valence-corrected chi connectivity index (χ3v) is 7.70. The average molecular weight is 648 g/mol. The number of ether oxygens (including phenoxy) is 1. The largest absolute Gasteiger partial charge is 0.503 e. The summed E-state index contributed by atoms with van der Waals surface area (Å²) in [4.78, 5) is 37.9. The molecule has 46 heavy (non-hydrogen) atoms. The predicted molar refractivity (Wildman–Crippen MR) is 176 cm³/mol. The molecule has 2 amide bonds. The van der Waals surface area contributed by atoms with Gasteiger partial charge in [-0.15, -0.1) is 0 Å². The Hall–Kier alpha value is -4.78. The molecule has 1 aliphatic rings. The molecule has 5 rings (SSSR count). The fourth-order valence-corrected chi connectivity index (χ4v) is 5.03. The third kappa shape index (κ3) is 9.13. The Kier molecular flexibility index (Phi) is 11.0. The lowest BCUT2D eigenvalue weighted by Gasteiger charge is -2.31. The van der Waals surface area contributed by atoms with Crippen molar-refractivity contribution in [3.8, 4) is 5.75 Å². The molecule has 1 saturated heterocycles. The molecule has 0 bridgehead atoms. The number of hydrogen-bond donors (Lipinski definition) is 4. The Morgan fingerprint density at radius 2 is 1.85 bits per heavy atom. The first-order valence-corrected chi connectivity index (χ1v) is 15.2. The van der Waals surface area contributed by atoms with Gasteiger partial charge in [-0.3, -0.25) is 14.5 Å². The number of carbonyl (C=O) groups excluding carboxylic acids is 2. The zero-order chi connectivity index (χ0) is 32.5. The Morgan fingerprint density at radius 3 is 2.63 bits per heavy atom. The van der Waals surface area contributed by atoms with E-state index in [0.29, 0.717) is 51.0 Å². The van der Waals surface area contributed by atoms with Gasteiger partial charge in [-0.05, 0) is 67.2 Å². The van der Waals surface area contributed by atoms with Crippen LogP contribution in [0.1, 0.15) is 12.0 Å². The number of aromatic nitrogens is 2. The van der Waals surface area contributed by atoms with Crippen LogP contribution in [-0.2, 0) is 16.2 Å². The lowest BCUT2D eigenvalue weighted by Crippen LogP contribution is -2.44. The Balaban J connectivity index is 1.14. The van der Waals surface area contributed by atoms with Crippen LogP contribution in [0.15, 0.2) is 78.8 Å². The lowest BCUT2D eigenvalue weighted by molar-refractivity contribution is -0.120. The summed E-state index contributed by atoms with van der Waals surface area (Å²) in [5, 5.41) is 19.8. The number of carbonyl (C=O) groups is 2. The fraction of sp³-hybridized carbons (Fsp3) is 0.273. The van der Waals surface area contributed by atoms with Crippen molar-refractivity contribution in [3.63, 3.8) is 0 Å². The molecule has 0 unspecified atom stereocenters. The van der Waals surface area contributed by atoms with Crippen LogP contribution < -0.4 is 20.7 Å². The number of fused-ring (bicyclic) bond motifs is 1. The van der Waals surface area contributed by atoms with Crippen molar-refractivity contribution >= 4 is 51.5 Å². The molecular weight excluding hydrogens is 613 g/mol. The van der Waals surface area contributed by atoms with Gasteiger partial charge in [0.25, 0.3) is 5.91 Å². The predicted octanol–water partition coefficient (Wildman–Crippen LogP) is 4.88. The summed E-state index contributed by atoms with van der Waals surface area (Å²) < 4.78 is 19.2. The van der Waals surface area contributed by atoms with E-state index in [0.717, 1.165) is 26.2 Å². The molecule has 0 aliphatic carbocycles. The van der Waals surface area contributed by atoms with Crippen LogP contribution in [-0.4, -0.2) is 83.0 Å². The minimum absolute atomic E-state index is 0.0119. The number of amides is 2. The van der Waals surface area contributed by atoms with Gasteiger partial charge in [0, 0.05) is 62.5 Å². The third-order valence-electron chi connectivity index (χ3n) is 7.41. The van der Waals surface area contributed by atoms with Gasteiger partial charge in [0.05, 0.1) is 10.5 Å². The van der Waals surface area contributed by atoms with Crippen LogP contribution in [0.3, 0.4) is 0 Å². The zero-order valence-electron chi connectivity index (χ0n) is 25.3. The number of halogens is 2. The number of nitrogens with one attached hydrogen (secondary N) is 3. The van der Waals surface area contributed by atoms with Gasteiger partial charge >= 0.3 is 0 Å². The number of aliphatic hydroxyl groups excluding tert-OH is 1. The van der Waals surface area contributed by atoms with Gasteiger partial charge in [0.2, 0.25) is 5.91 Å². The molecule has 4 N–H and O–H groups in total. The van der Waals surface area contributed by atoms with E-state index in [1.165, 1.54) is 24.5 Å². The molecule has 0 saturated carbocycles. The van der Waals surface area contributed by atoms with Crippen LogP contribution in [0.4, 0.5) is 21.6 Å². The van der Waals surface area contributed by atoms with Crippen molar-refractivity contribution in [1.82, 2.24) is 25.1 Å². The van der Waals surface area contributed by atoms with Gasteiger partial charge in [-0.25, -0.2) is 14.4 Å². The summed E-state index contributed by atoms with van der Waals surface area (Å²) in [6, 6.07) is 16.6. The number of anilines is 3. The smallest absolute Gasteiger partial charge is 0.285 e. The molecule has 1 fully saturated rings. The van der Waals surface area contributed by atoms with Gasteiger partial charge in [-0.2, -0.15) is 0 Å². The molecule has 0 radical (unpaired) electrons. The number of hydrogen-bond acceptors (Lipinski definition) is 9. The first kappa shape index (κ1) is 32.6. The molecular formula is C33H35ClFN7O4. The van der Waals surface area contributed by atoms with Crippen molar-refractivity contribution in [2.45, 2.75) is 13.0 Å². The summed E-state index contributed by atoms with van der Waals surface area (Å²) in [6.07, 6.45) is 2.94. The van der Waals surface area contributed by atoms with E-state index in [1.54, 1.807) is 48.5 Å².